The molecule has 0 unspecified atom stereocenters. The highest BCUT2D eigenvalue weighted by Gasteiger charge is 2.04. The van der Waals surface area contributed by atoms with Crippen molar-refractivity contribution in [1.29, 1.82) is 0 Å². The summed E-state index contributed by atoms with van der Waals surface area (Å²) in [6, 6.07) is 5.52. The zero-order valence-corrected chi connectivity index (χ0v) is 12.1. The van der Waals surface area contributed by atoms with Crippen LogP contribution in [-0.4, -0.2) is 26.2 Å². The van der Waals surface area contributed by atoms with Crippen molar-refractivity contribution in [3.8, 4) is 5.75 Å². The van der Waals surface area contributed by atoms with Crippen molar-refractivity contribution in [3.63, 3.8) is 0 Å². The van der Waals surface area contributed by atoms with Gasteiger partial charge in [0.05, 0.1) is 13.7 Å². The number of nitrogens with one attached hydrogen (secondary N) is 1. The van der Waals surface area contributed by atoms with Gasteiger partial charge in [0, 0.05) is 23.6 Å². The number of benzene rings is 1. The monoisotopic (exact) mass is 285 g/mol. The Labute approximate surface area is 119 Å². The summed E-state index contributed by atoms with van der Waals surface area (Å²) in [5, 5.41) is 3.94. The quantitative estimate of drug-likeness (QED) is 0.589. The van der Waals surface area contributed by atoms with E-state index in [2.05, 4.69) is 5.32 Å². The average molecular weight is 286 g/mol. The first-order valence-corrected chi connectivity index (χ1v) is 6.74. The fourth-order valence-electron chi connectivity index (χ4n) is 1.70. The molecule has 1 rings (SSSR count). The van der Waals surface area contributed by atoms with Crippen LogP contribution >= 0.6 is 11.6 Å². The van der Waals surface area contributed by atoms with E-state index in [1.807, 2.05) is 19.1 Å². The molecule has 1 N–H and O–H groups in total. The molecule has 0 atom stereocenters. The molecule has 0 aliphatic carbocycles. The minimum absolute atomic E-state index is 0.148. The van der Waals surface area contributed by atoms with Gasteiger partial charge in [-0.25, -0.2) is 0 Å². The van der Waals surface area contributed by atoms with Crippen LogP contribution in [-0.2, 0) is 16.1 Å². The first-order chi connectivity index (χ1) is 9.17. The first kappa shape index (κ1) is 15.8. The molecule has 5 heteroatoms. The Balaban J connectivity index is 2.29. The van der Waals surface area contributed by atoms with E-state index in [0.29, 0.717) is 24.6 Å². The summed E-state index contributed by atoms with van der Waals surface area (Å²) >= 11 is 5.95. The van der Waals surface area contributed by atoms with Gasteiger partial charge >= 0.3 is 5.97 Å². The molecular weight excluding hydrogens is 266 g/mol. The number of ether oxygens (including phenoxy) is 2. The van der Waals surface area contributed by atoms with E-state index in [1.54, 1.807) is 13.2 Å². The van der Waals surface area contributed by atoms with Gasteiger partial charge in [-0.1, -0.05) is 11.6 Å². The highest BCUT2D eigenvalue weighted by Crippen LogP contribution is 2.22. The highest BCUT2D eigenvalue weighted by atomic mass is 35.5. The number of halogens is 1. The van der Waals surface area contributed by atoms with Gasteiger partial charge in [-0.05, 0) is 38.1 Å². The Morgan fingerprint density at radius 1 is 1.42 bits per heavy atom. The molecule has 4 nitrogen and oxygen atoms in total. The molecular formula is C14H20ClNO3. The number of methoxy groups -OCH3 is 1. The standard InChI is InChI=1S/C14H20ClNO3/c1-3-19-14(17)5-4-8-16-10-11-9-12(15)6-7-13(11)18-2/h6-7,9,16H,3-5,8,10H2,1-2H3. The highest BCUT2D eigenvalue weighted by molar-refractivity contribution is 6.30. The van der Waals surface area contributed by atoms with Crippen molar-refractivity contribution in [2.45, 2.75) is 26.3 Å². The lowest BCUT2D eigenvalue weighted by molar-refractivity contribution is -0.143. The largest absolute Gasteiger partial charge is 0.496 e. The topological polar surface area (TPSA) is 47.6 Å². The molecule has 0 amide bonds. The van der Waals surface area contributed by atoms with Crippen LogP contribution < -0.4 is 10.1 Å². The second-order valence-electron chi connectivity index (χ2n) is 4.04. The number of esters is 1. The fourth-order valence-corrected chi connectivity index (χ4v) is 1.89. The summed E-state index contributed by atoms with van der Waals surface area (Å²) < 4.78 is 10.1. The van der Waals surface area contributed by atoms with E-state index in [1.165, 1.54) is 0 Å². The molecule has 0 saturated carbocycles. The van der Waals surface area contributed by atoms with Gasteiger partial charge in [0.25, 0.3) is 0 Å². The molecule has 19 heavy (non-hydrogen) atoms. The van der Waals surface area contributed by atoms with E-state index >= 15 is 0 Å². The summed E-state index contributed by atoms with van der Waals surface area (Å²) in [6.07, 6.45) is 1.19. The van der Waals surface area contributed by atoms with Crippen LogP contribution in [0.1, 0.15) is 25.3 Å². The average Bonchev–Trinajstić information content (AvgIpc) is 2.39. The van der Waals surface area contributed by atoms with Crippen LogP contribution in [0.4, 0.5) is 0 Å². The van der Waals surface area contributed by atoms with E-state index in [4.69, 9.17) is 21.1 Å². The fraction of sp³-hybridized carbons (Fsp3) is 0.500. The summed E-state index contributed by atoms with van der Waals surface area (Å²) in [4.78, 5) is 11.1. The summed E-state index contributed by atoms with van der Waals surface area (Å²) in [7, 11) is 1.63. The van der Waals surface area contributed by atoms with Crippen molar-refractivity contribution in [2.75, 3.05) is 20.3 Å². The molecule has 0 spiro atoms. The minimum atomic E-state index is -0.148. The van der Waals surface area contributed by atoms with E-state index in [-0.39, 0.29) is 5.97 Å². The van der Waals surface area contributed by atoms with Gasteiger partial charge in [0.15, 0.2) is 0 Å². The second kappa shape index (κ2) is 8.77. The molecule has 1 aromatic carbocycles. The molecule has 0 heterocycles. The second-order valence-corrected chi connectivity index (χ2v) is 4.48. The molecule has 0 aliphatic heterocycles. The van der Waals surface area contributed by atoms with Crippen LogP contribution in [0.5, 0.6) is 5.75 Å². The van der Waals surface area contributed by atoms with Crippen molar-refractivity contribution in [3.05, 3.63) is 28.8 Å². The Morgan fingerprint density at radius 2 is 2.21 bits per heavy atom. The maximum Gasteiger partial charge on any atom is 0.305 e. The van der Waals surface area contributed by atoms with Crippen molar-refractivity contribution in [1.82, 2.24) is 5.32 Å². The molecule has 0 aromatic heterocycles. The normalized spacial score (nSPS) is 10.3. The molecule has 0 aliphatic rings. The molecule has 106 valence electrons. The van der Waals surface area contributed by atoms with Gasteiger partial charge in [-0.2, -0.15) is 0 Å². The SMILES string of the molecule is CCOC(=O)CCCNCc1cc(Cl)ccc1OC. The van der Waals surface area contributed by atoms with Crippen LogP contribution in [0, 0.1) is 0 Å². The Kier molecular flexibility index (Phi) is 7.30. The Morgan fingerprint density at radius 3 is 2.89 bits per heavy atom. The Hall–Kier alpha value is -1.26. The predicted molar refractivity (Wildman–Crippen MR) is 75.6 cm³/mol. The molecule has 1 aromatic rings. The third-order valence-electron chi connectivity index (χ3n) is 2.60. The maximum atomic E-state index is 11.1. The predicted octanol–water partition coefficient (Wildman–Crippen LogP) is 2.78. The van der Waals surface area contributed by atoms with Crippen molar-refractivity contribution >= 4 is 17.6 Å². The smallest absolute Gasteiger partial charge is 0.305 e. The van der Waals surface area contributed by atoms with Gasteiger partial charge in [-0.3, -0.25) is 4.79 Å². The lowest BCUT2D eigenvalue weighted by Gasteiger charge is -2.10. The summed E-state index contributed by atoms with van der Waals surface area (Å²) in [6.45, 7) is 3.65. The molecule has 0 fully saturated rings. The molecule has 0 bridgehead atoms. The zero-order chi connectivity index (χ0) is 14.1. The van der Waals surface area contributed by atoms with E-state index in [9.17, 15) is 4.79 Å². The van der Waals surface area contributed by atoms with Gasteiger partial charge in [0.2, 0.25) is 0 Å². The number of carbonyl (C=O) groups excluding carboxylic acids is 1. The van der Waals surface area contributed by atoms with Crippen LogP contribution in [0.25, 0.3) is 0 Å². The lowest BCUT2D eigenvalue weighted by atomic mass is 10.2. The molecule has 0 saturated heterocycles. The van der Waals surface area contributed by atoms with Crippen molar-refractivity contribution < 1.29 is 14.3 Å². The van der Waals surface area contributed by atoms with Crippen LogP contribution in [0.2, 0.25) is 5.02 Å². The third-order valence-corrected chi connectivity index (χ3v) is 2.83. The maximum absolute atomic E-state index is 11.1. The van der Waals surface area contributed by atoms with Crippen LogP contribution in [0.3, 0.4) is 0 Å². The number of hydrogen-bond donors (Lipinski definition) is 1. The van der Waals surface area contributed by atoms with Crippen LogP contribution in [0.15, 0.2) is 18.2 Å². The molecule has 0 radical (unpaired) electrons. The Bertz CT molecular complexity index is 410. The van der Waals surface area contributed by atoms with Crippen molar-refractivity contribution in [2.24, 2.45) is 0 Å². The lowest BCUT2D eigenvalue weighted by Crippen LogP contribution is -2.17. The summed E-state index contributed by atoms with van der Waals surface area (Å²) in [5.41, 5.74) is 1.01. The summed E-state index contributed by atoms with van der Waals surface area (Å²) in [5.74, 6) is 0.659. The first-order valence-electron chi connectivity index (χ1n) is 6.36. The zero-order valence-electron chi connectivity index (χ0n) is 11.4. The van der Waals surface area contributed by atoms with E-state index in [0.717, 1.165) is 24.3 Å². The van der Waals surface area contributed by atoms with E-state index < -0.39 is 0 Å². The van der Waals surface area contributed by atoms with Gasteiger partial charge in [-0.15, -0.1) is 0 Å². The number of rotatable bonds is 8. The number of hydrogen-bond acceptors (Lipinski definition) is 4. The van der Waals surface area contributed by atoms with Gasteiger partial charge in [0.1, 0.15) is 5.75 Å². The minimum Gasteiger partial charge on any atom is -0.496 e. The third kappa shape index (κ3) is 5.94. The van der Waals surface area contributed by atoms with Gasteiger partial charge < -0.3 is 14.8 Å². The number of carbonyl (C=O) groups is 1.